The standard InChI is InChI=1S/C19H15N3/c1-3-8-16(9-4-1)22(17-10-5-2-6-11-17)19-13-12-18-20-14-7-15-21(18)19/h1-15H. The van der Waals surface area contributed by atoms with E-state index in [4.69, 9.17) is 0 Å². The number of rotatable bonds is 3. The highest BCUT2D eigenvalue weighted by molar-refractivity contribution is 5.76. The second-order valence-electron chi connectivity index (χ2n) is 5.05. The van der Waals surface area contributed by atoms with Crippen LogP contribution in [0.3, 0.4) is 0 Å². The fourth-order valence-electron chi connectivity index (χ4n) is 2.68. The Labute approximate surface area is 129 Å². The van der Waals surface area contributed by atoms with Gasteiger partial charge in [0.25, 0.3) is 0 Å². The van der Waals surface area contributed by atoms with E-state index in [9.17, 15) is 0 Å². The van der Waals surface area contributed by atoms with E-state index in [2.05, 4.69) is 68.9 Å². The zero-order valence-electron chi connectivity index (χ0n) is 12.0. The van der Waals surface area contributed by atoms with Gasteiger partial charge in [0.15, 0.2) is 0 Å². The second kappa shape index (κ2) is 5.37. The molecule has 0 aliphatic rings. The monoisotopic (exact) mass is 285 g/mol. The number of hydrogen-bond donors (Lipinski definition) is 0. The largest absolute Gasteiger partial charge is 0.296 e. The van der Waals surface area contributed by atoms with E-state index in [0.29, 0.717) is 0 Å². The summed E-state index contributed by atoms with van der Waals surface area (Å²) >= 11 is 0. The smallest absolute Gasteiger partial charge is 0.138 e. The first-order valence-electron chi connectivity index (χ1n) is 7.26. The van der Waals surface area contributed by atoms with Crippen LogP contribution >= 0.6 is 0 Å². The molecule has 0 aliphatic heterocycles. The van der Waals surface area contributed by atoms with Crippen molar-refractivity contribution in [2.75, 3.05) is 4.90 Å². The Morgan fingerprint density at radius 1 is 0.682 bits per heavy atom. The molecule has 22 heavy (non-hydrogen) atoms. The maximum atomic E-state index is 4.41. The van der Waals surface area contributed by atoms with Crippen LogP contribution in [-0.2, 0) is 0 Å². The molecular formula is C19H15N3. The van der Waals surface area contributed by atoms with Crippen LogP contribution in [0, 0.1) is 0 Å². The Kier molecular flexibility index (Phi) is 3.09. The summed E-state index contributed by atoms with van der Waals surface area (Å²) in [6.07, 6.45) is 3.85. The van der Waals surface area contributed by atoms with Crippen molar-refractivity contribution in [2.24, 2.45) is 0 Å². The highest BCUT2D eigenvalue weighted by Gasteiger charge is 2.15. The average Bonchev–Trinajstić information content (AvgIpc) is 3.01. The number of anilines is 3. The number of fused-ring (bicyclic) bond motifs is 1. The third-order valence-electron chi connectivity index (χ3n) is 3.66. The normalized spacial score (nSPS) is 10.7. The van der Waals surface area contributed by atoms with Gasteiger partial charge in [-0.2, -0.15) is 0 Å². The molecule has 0 aliphatic carbocycles. The Balaban J connectivity index is 1.95. The third kappa shape index (κ3) is 2.13. The first-order valence-corrected chi connectivity index (χ1v) is 7.26. The summed E-state index contributed by atoms with van der Waals surface area (Å²) in [4.78, 5) is 6.64. The molecule has 0 bridgehead atoms. The summed E-state index contributed by atoms with van der Waals surface area (Å²) in [5.74, 6) is 1.07. The van der Waals surface area contributed by atoms with E-state index in [0.717, 1.165) is 22.8 Å². The molecule has 0 unspecified atom stereocenters. The summed E-state index contributed by atoms with van der Waals surface area (Å²) in [5, 5.41) is 0. The fraction of sp³-hybridized carbons (Fsp3) is 0. The van der Waals surface area contributed by atoms with Crippen molar-refractivity contribution in [3.63, 3.8) is 0 Å². The van der Waals surface area contributed by atoms with Gasteiger partial charge in [-0.05, 0) is 42.5 Å². The van der Waals surface area contributed by atoms with Crippen molar-refractivity contribution in [1.82, 2.24) is 9.38 Å². The first kappa shape index (κ1) is 12.7. The number of benzene rings is 2. The first-order chi connectivity index (χ1) is 10.9. The molecule has 106 valence electrons. The van der Waals surface area contributed by atoms with Crippen molar-refractivity contribution >= 4 is 22.8 Å². The van der Waals surface area contributed by atoms with E-state index in [1.807, 2.05) is 36.7 Å². The van der Waals surface area contributed by atoms with Gasteiger partial charge in [0.2, 0.25) is 0 Å². The van der Waals surface area contributed by atoms with Gasteiger partial charge in [-0.15, -0.1) is 0 Å². The van der Waals surface area contributed by atoms with Gasteiger partial charge in [0.05, 0.1) is 0 Å². The van der Waals surface area contributed by atoms with E-state index in [1.165, 1.54) is 0 Å². The number of aromatic nitrogens is 2. The number of para-hydroxylation sites is 2. The molecule has 0 amide bonds. The van der Waals surface area contributed by atoms with Gasteiger partial charge in [0.1, 0.15) is 11.5 Å². The van der Waals surface area contributed by atoms with Gasteiger partial charge in [-0.3, -0.25) is 9.30 Å². The minimum Gasteiger partial charge on any atom is -0.296 e. The SMILES string of the molecule is c1ccc(N(c2ccccc2)c2ccc3ncccn23)cc1. The summed E-state index contributed by atoms with van der Waals surface area (Å²) < 4.78 is 2.10. The predicted octanol–water partition coefficient (Wildman–Crippen LogP) is 4.80. The summed E-state index contributed by atoms with van der Waals surface area (Å²) in [5.41, 5.74) is 3.18. The van der Waals surface area contributed by atoms with Crippen LogP contribution in [0.4, 0.5) is 17.2 Å². The zero-order valence-corrected chi connectivity index (χ0v) is 12.0. The average molecular weight is 285 g/mol. The van der Waals surface area contributed by atoms with Gasteiger partial charge in [-0.25, -0.2) is 4.98 Å². The molecule has 0 N–H and O–H groups in total. The zero-order chi connectivity index (χ0) is 14.8. The molecule has 3 heteroatoms. The minimum absolute atomic E-state index is 0.939. The van der Waals surface area contributed by atoms with Crippen LogP contribution in [0.5, 0.6) is 0 Å². The van der Waals surface area contributed by atoms with Crippen LogP contribution in [0.1, 0.15) is 0 Å². The van der Waals surface area contributed by atoms with E-state index in [1.54, 1.807) is 0 Å². The van der Waals surface area contributed by atoms with E-state index >= 15 is 0 Å². The lowest BCUT2D eigenvalue weighted by atomic mass is 10.2. The Morgan fingerprint density at radius 3 is 1.95 bits per heavy atom. The maximum absolute atomic E-state index is 4.41. The number of hydrogen-bond acceptors (Lipinski definition) is 2. The van der Waals surface area contributed by atoms with Crippen LogP contribution in [-0.4, -0.2) is 9.38 Å². The van der Waals surface area contributed by atoms with Crippen molar-refractivity contribution in [1.29, 1.82) is 0 Å². The van der Waals surface area contributed by atoms with Gasteiger partial charge < -0.3 is 0 Å². The molecule has 0 spiro atoms. The molecule has 0 saturated carbocycles. The van der Waals surface area contributed by atoms with Crippen molar-refractivity contribution in [2.45, 2.75) is 0 Å². The molecule has 0 saturated heterocycles. The van der Waals surface area contributed by atoms with Gasteiger partial charge in [-0.1, -0.05) is 36.4 Å². The molecule has 2 aromatic carbocycles. The molecule has 3 nitrogen and oxygen atoms in total. The minimum atomic E-state index is 0.939. The highest BCUT2D eigenvalue weighted by Crippen LogP contribution is 2.34. The summed E-state index contributed by atoms with van der Waals surface area (Å²) in [6, 6.07) is 26.8. The topological polar surface area (TPSA) is 20.5 Å². The molecule has 0 atom stereocenters. The predicted molar refractivity (Wildman–Crippen MR) is 89.9 cm³/mol. The lowest BCUT2D eigenvalue weighted by Gasteiger charge is -2.24. The third-order valence-corrected chi connectivity index (χ3v) is 3.66. The molecule has 2 aromatic heterocycles. The Hall–Kier alpha value is -3.07. The molecule has 4 rings (SSSR count). The van der Waals surface area contributed by atoms with Gasteiger partial charge >= 0.3 is 0 Å². The Morgan fingerprint density at radius 2 is 1.32 bits per heavy atom. The summed E-state index contributed by atoms with van der Waals surface area (Å²) in [6.45, 7) is 0. The fourth-order valence-corrected chi connectivity index (χ4v) is 2.68. The van der Waals surface area contributed by atoms with Crippen molar-refractivity contribution < 1.29 is 0 Å². The highest BCUT2D eigenvalue weighted by atomic mass is 15.2. The molecule has 0 radical (unpaired) electrons. The van der Waals surface area contributed by atoms with E-state index in [-0.39, 0.29) is 0 Å². The quantitative estimate of drug-likeness (QED) is 0.538. The van der Waals surface area contributed by atoms with Crippen molar-refractivity contribution in [3.05, 3.63) is 91.3 Å². The van der Waals surface area contributed by atoms with Gasteiger partial charge in [0, 0.05) is 23.8 Å². The summed E-state index contributed by atoms with van der Waals surface area (Å²) in [7, 11) is 0. The van der Waals surface area contributed by atoms with Crippen LogP contribution in [0.2, 0.25) is 0 Å². The lowest BCUT2D eigenvalue weighted by Crippen LogP contribution is -2.11. The molecule has 0 fully saturated rings. The van der Waals surface area contributed by atoms with Crippen LogP contribution in [0.15, 0.2) is 91.3 Å². The van der Waals surface area contributed by atoms with Crippen LogP contribution in [0.25, 0.3) is 5.65 Å². The number of nitrogens with zero attached hydrogens (tertiary/aromatic N) is 3. The lowest BCUT2D eigenvalue weighted by molar-refractivity contribution is 1.09. The van der Waals surface area contributed by atoms with Crippen molar-refractivity contribution in [3.8, 4) is 0 Å². The Bertz CT molecular complexity index is 843. The second-order valence-corrected chi connectivity index (χ2v) is 5.05. The van der Waals surface area contributed by atoms with Crippen LogP contribution < -0.4 is 4.90 Å². The molecular weight excluding hydrogens is 270 g/mol. The molecule has 4 aromatic rings. The maximum Gasteiger partial charge on any atom is 0.138 e. The van der Waals surface area contributed by atoms with E-state index < -0.39 is 0 Å². The molecule has 2 heterocycles.